The third kappa shape index (κ3) is 5.76. The topological polar surface area (TPSA) is 78.1 Å². The fourth-order valence-electron chi connectivity index (χ4n) is 9.65. The van der Waals surface area contributed by atoms with Gasteiger partial charge in [-0.1, -0.05) is 152 Å². The molecule has 6 heteroatoms. The summed E-state index contributed by atoms with van der Waals surface area (Å²) >= 11 is 0. The van der Waals surface area contributed by atoms with Gasteiger partial charge in [0.05, 0.1) is 0 Å². The van der Waals surface area contributed by atoms with E-state index in [0.717, 1.165) is 106 Å². The standard InChI is InChI=1S/C57H35N3O3/c1-3-14-34(15-4-1)38-21-12-26-48-52(38)46-31-29-37(33-51(46)62-48)57-59-55(35-16-5-2-6-17-35)58-56(60-57)36-28-30-41-44-24-11-23-43(54(44)63-50(41)32-36)40-19-8-7-18-39(40)42-22-13-27-49-53(42)45-20-9-10-25-47(45)61-49/h1-21,23-33,42H,22H2. The van der Waals surface area contributed by atoms with Gasteiger partial charge in [-0.2, -0.15) is 0 Å². The summed E-state index contributed by atoms with van der Waals surface area (Å²) < 4.78 is 19.7. The first kappa shape index (κ1) is 35.4. The van der Waals surface area contributed by atoms with Crippen LogP contribution >= 0.6 is 0 Å². The van der Waals surface area contributed by atoms with E-state index in [-0.39, 0.29) is 5.92 Å². The molecule has 0 fully saturated rings. The lowest BCUT2D eigenvalue weighted by Gasteiger charge is -2.22. The van der Waals surface area contributed by atoms with Crippen LogP contribution in [0.25, 0.3) is 117 Å². The number of benzene rings is 8. The van der Waals surface area contributed by atoms with Crippen molar-refractivity contribution in [2.75, 3.05) is 0 Å². The number of allylic oxidation sites excluding steroid dienone is 1. The van der Waals surface area contributed by atoms with Crippen molar-refractivity contribution in [1.82, 2.24) is 15.0 Å². The summed E-state index contributed by atoms with van der Waals surface area (Å²) in [5, 5.41) is 5.37. The molecule has 0 aliphatic heterocycles. The third-order valence-electron chi connectivity index (χ3n) is 12.5. The van der Waals surface area contributed by atoms with Gasteiger partial charge >= 0.3 is 0 Å². The van der Waals surface area contributed by atoms with Gasteiger partial charge in [-0.15, -0.1) is 0 Å². The second-order valence-electron chi connectivity index (χ2n) is 16.2. The molecule has 1 unspecified atom stereocenters. The fourth-order valence-corrected chi connectivity index (χ4v) is 9.65. The minimum absolute atomic E-state index is 0.132. The second-order valence-corrected chi connectivity index (χ2v) is 16.2. The molecule has 0 radical (unpaired) electrons. The average Bonchev–Trinajstić information content (AvgIpc) is 4.05. The van der Waals surface area contributed by atoms with Gasteiger partial charge in [0, 0.05) is 60.7 Å². The summed E-state index contributed by atoms with van der Waals surface area (Å²) in [6.07, 6.45) is 5.22. The number of hydrogen-bond acceptors (Lipinski definition) is 6. The van der Waals surface area contributed by atoms with E-state index in [2.05, 4.69) is 133 Å². The highest BCUT2D eigenvalue weighted by Gasteiger charge is 2.28. The Bertz CT molecular complexity index is 3780. The Balaban J connectivity index is 0.929. The molecule has 0 saturated heterocycles. The van der Waals surface area contributed by atoms with E-state index in [1.54, 1.807) is 0 Å². The van der Waals surface area contributed by atoms with E-state index in [4.69, 9.17) is 28.2 Å². The number of rotatable bonds is 6. The maximum Gasteiger partial charge on any atom is 0.164 e. The van der Waals surface area contributed by atoms with Crippen LogP contribution in [0.1, 0.15) is 29.2 Å². The molecule has 0 spiro atoms. The van der Waals surface area contributed by atoms with Crippen molar-refractivity contribution in [3.8, 4) is 56.4 Å². The van der Waals surface area contributed by atoms with Crippen LogP contribution in [0.4, 0.5) is 0 Å². The van der Waals surface area contributed by atoms with Crippen LogP contribution in [0.3, 0.4) is 0 Å². The van der Waals surface area contributed by atoms with E-state index in [1.165, 1.54) is 11.1 Å². The third-order valence-corrected chi connectivity index (χ3v) is 12.5. The summed E-state index contributed by atoms with van der Waals surface area (Å²) in [5.41, 5.74) is 13.6. The van der Waals surface area contributed by atoms with E-state index in [0.29, 0.717) is 17.5 Å². The highest BCUT2D eigenvalue weighted by molar-refractivity contribution is 6.13. The van der Waals surface area contributed by atoms with Crippen molar-refractivity contribution >= 4 is 60.9 Å². The van der Waals surface area contributed by atoms with Crippen LogP contribution in [-0.4, -0.2) is 15.0 Å². The molecule has 0 amide bonds. The van der Waals surface area contributed by atoms with E-state index < -0.39 is 0 Å². The smallest absolute Gasteiger partial charge is 0.164 e. The minimum atomic E-state index is 0.132. The molecule has 0 saturated carbocycles. The van der Waals surface area contributed by atoms with Crippen LogP contribution in [0.5, 0.6) is 0 Å². The molecule has 296 valence electrons. The van der Waals surface area contributed by atoms with E-state index >= 15 is 0 Å². The molecule has 12 aromatic rings. The minimum Gasteiger partial charge on any atom is -0.456 e. The molecular weight excluding hydrogens is 775 g/mol. The number of hydrogen-bond donors (Lipinski definition) is 0. The molecule has 13 rings (SSSR count). The van der Waals surface area contributed by atoms with Crippen molar-refractivity contribution in [3.05, 3.63) is 205 Å². The van der Waals surface area contributed by atoms with Gasteiger partial charge < -0.3 is 13.3 Å². The molecule has 0 bridgehead atoms. The van der Waals surface area contributed by atoms with Crippen LogP contribution in [0.15, 0.2) is 201 Å². The van der Waals surface area contributed by atoms with Crippen molar-refractivity contribution in [3.63, 3.8) is 0 Å². The number of para-hydroxylation sites is 2. The summed E-state index contributed by atoms with van der Waals surface area (Å²) in [4.78, 5) is 15.2. The van der Waals surface area contributed by atoms with Gasteiger partial charge in [-0.25, -0.2) is 15.0 Å². The fraction of sp³-hybridized carbons (Fsp3) is 0.0351. The summed E-state index contributed by atoms with van der Waals surface area (Å²) in [7, 11) is 0. The van der Waals surface area contributed by atoms with Gasteiger partial charge in [0.2, 0.25) is 0 Å². The maximum absolute atomic E-state index is 6.90. The van der Waals surface area contributed by atoms with E-state index in [9.17, 15) is 0 Å². The first-order valence-electron chi connectivity index (χ1n) is 21.3. The highest BCUT2D eigenvalue weighted by Crippen LogP contribution is 2.46. The molecule has 4 aromatic heterocycles. The first-order chi connectivity index (χ1) is 31.2. The predicted molar refractivity (Wildman–Crippen MR) is 253 cm³/mol. The van der Waals surface area contributed by atoms with Gasteiger partial charge in [0.15, 0.2) is 17.5 Å². The lowest BCUT2D eigenvalue weighted by molar-refractivity contribution is 0.590. The van der Waals surface area contributed by atoms with Crippen molar-refractivity contribution < 1.29 is 13.3 Å². The van der Waals surface area contributed by atoms with Crippen LogP contribution in [0, 0.1) is 0 Å². The monoisotopic (exact) mass is 809 g/mol. The SMILES string of the molecule is C1=Cc2oc3ccccc3c2C(c2ccccc2-c2cccc3c2oc2cc(-c4nc(-c5ccccc5)nc(-c5ccc6c(c5)oc5cccc(-c7ccccc7)c56)n4)ccc23)C1. The molecular formula is C57H35N3O3. The lowest BCUT2D eigenvalue weighted by atomic mass is 9.80. The zero-order valence-electron chi connectivity index (χ0n) is 33.8. The molecule has 1 aliphatic carbocycles. The molecule has 1 atom stereocenters. The predicted octanol–water partition coefficient (Wildman–Crippen LogP) is 15.3. The summed E-state index contributed by atoms with van der Waals surface area (Å²) in [5.74, 6) is 2.75. The quantitative estimate of drug-likeness (QED) is 0.166. The average molecular weight is 810 g/mol. The molecule has 1 aliphatic rings. The van der Waals surface area contributed by atoms with Gasteiger partial charge in [0.25, 0.3) is 0 Å². The van der Waals surface area contributed by atoms with Crippen LogP contribution in [-0.2, 0) is 0 Å². The van der Waals surface area contributed by atoms with Crippen LogP contribution < -0.4 is 0 Å². The van der Waals surface area contributed by atoms with Crippen molar-refractivity contribution in [2.45, 2.75) is 12.3 Å². The Labute approximate surface area is 361 Å². The summed E-state index contributed by atoms with van der Waals surface area (Å²) in [6, 6.07) is 62.7. The lowest BCUT2D eigenvalue weighted by Crippen LogP contribution is -2.06. The number of fused-ring (bicyclic) bond motifs is 9. The second kappa shape index (κ2) is 14.1. The normalized spacial score (nSPS) is 13.7. The number of furan rings is 3. The largest absolute Gasteiger partial charge is 0.456 e. The molecule has 63 heavy (non-hydrogen) atoms. The zero-order valence-corrected chi connectivity index (χ0v) is 33.8. The van der Waals surface area contributed by atoms with Crippen molar-refractivity contribution in [2.24, 2.45) is 0 Å². The van der Waals surface area contributed by atoms with Gasteiger partial charge in [0.1, 0.15) is 33.7 Å². The molecule has 0 N–H and O–H groups in total. The number of aromatic nitrogens is 3. The Morgan fingerprint density at radius 1 is 0.397 bits per heavy atom. The van der Waals surface area contributed by atoms with Gasteiger partial charge in [-0.3, -0.25) is 0 Å². The molecule has 8 aromatic carbocycles. The molecule has 6 nitrogen and oxygen atoms in total. The molecule has 4 heterocycles. The number of nitrogens with zero attached hydrogens (tertiary/aromatic N) is 3. The summed E-state index contributed by atoms with van der Waals surface area (Å²) in [6.45, 7) is 0. The Morgan fingerprint density at radius 2 is 1.00 bits per heavy atom. The Morgan fingerprint density at radius 3 is 1.81 bits per heavy atom. The van der Waals surface area contributed by atoms with Gasteiger partial charge in [-0.05, 0) is 71.1 Å². The Kier molecular flexibility index (Phi) is 7.93. The zero-order chi connectivity index (χ0) is 41.4. The van der Waals surface area contributed by atoms with E-state index in [1.807, 2.05) is 60.7 Å². The van der Waals surface area contributed by atoms with Crippen LogP contribution in [0.2, 0.25) is 0 Å². The maximum atomic E-state index is 6.90. The highest BCUT2D eigenvalue weighted by atomic mass is 16.3. The van der Waals surface area contributed by atoms with Crippen molar-refractivity contribution in [1.29, 1.82) is 0 Å². The first-order valence-corrected chi connectivity index (χ1v) is 21.3. The Hall–Kier alpha value is -8.35.